The summed E-state index contributed by atoms with van der Waals surface area (Å²) in [7, 11) is 2.43. The second-order valence-electron chi connectivity index (χ2n) is 6.71. The number of carbonyl (C=O) groups excluding carboxylic acids is 3. The van der Waals surface area contributed by atoms with Gasteiger partial charge in [-0.3, -0.25) is 4.79 Å². The van der Waals surface area contributed by atoms with Gasteiger partial charge in [-0.05, 0) is 31.2 Å². The van der Waals surface area contributed by atoms with Crippen LogP contribution in [0.5, 0.6) is 5.75 Å². The van der Waals surface area contributed by atoms with Crippen molar-refractivity contribution < 1.29 is 29.0 Å². The zero-order valence-corrected chi connectivity index (χ0v) is 17.3. The molecular formula is C23H22N2O6. The number of fused-ring (bicyclic) bond motifs is 1. The lowest BCUT2D eigenvalue weighted by molar-refractivity contribution is 0.0598. The van der Waals surface area contributed by atoms with Gasteiger partial charge in [0, 0.05) is 28.7 Å². The van der Waals surface area contributed by atoms with Crippen LogP contribution in [0.3, 0.4) is 0 Å². The predicted octanol–water partition coefficient (Wildman–Crippen LogP) is 3.37. The summed E-state index contributed by atoms with van der Waals surface area (Å²) in [4.78, 5) is 38.9. The van der Waals surface area contributed by atoms with Gasteiger partial charge in [-0.15, -0.1) is 0 Å². The second kappa shape index (κ2) is 8.74. The number of methoxy groups -OCH3 is 2. The average Bonchev–Trinajstić information content (AvgIpc) is 2.80. The number of nitrogens with two attached hydrogens (primary N) is 1. The summed E-state index contributed by atoms with van der Waals surface area (Å²) in [5, 5.41) is 11.8. The normalized spacial score (nSPS) is 10.5. The molecule has 0 aromatic heterocycles. The third-order valence-electron chi connectivity index (χ3n) is 4.91. The molecule has 0 saturated heterocycles. The number of phenols is 1. The highest BCUT2D eigenvalue weighted by Gasteiger charge is 2.24. The second-order valence-corrected chi connectivity index (χ2v) is 6.71. The maximum Gasteiger partial charge on any atom is 0.337 e. The number of nitrogen functional groups attached to an aromatic ring is 1. The summed E-state index contributed by atoms with van der Waals surface area (Å²) in [6.07, 6.45) is 0. The summed E-state index contributed by atoms with van der Waals surface area (Å²) in [5.41, 5.74) is 6.86. The summed E-state index contributed by atoms with van der Waals surface area (Å²) < 4.78 is 9.50. The first-order chi connectivity index (χ1) is 14.8. The Bertz CT molecular complexity index is 1150. The number of amides is 1. The van der Waals surface area contributed by atoms with Crippen molar-refractivity contribution >= 4 is 40.0 Å². The van der Waals surface area contributed by atoms with E-state index in [1.807, 2.05) is 0 Å². The van der Waals surface area contributed by atoms with Gasteiger partial charge < -0.3 is 25.2 Å². The molecule has 0 unspecified atom stereocenters. The Hall–Kier alpha value is -4.07. The predicted molar refractivity (Wildman–Crippen MR) is 116 cm³/mol. The van der Waals surface area contributed by atoms with Crippen LogP contribution >= 0.6 is 0 Å². The molecule has 0 aliphatic rings. The minimum absolute atomic E-state index is 0.00105. The highest BCUT2D eigenvalue weighted by atomic mass is 16.5. The van der Waals surface area contributed by atoms with Crippen LogP contribution in [0.25, 0.3) is 10.8 Å². The largest absolute Gasteiger partial charge is 0.506 e. The number of anilines is 2. The van der Waals surface area contributed by atoms with E-state index < -0.39 is 17.8 Å². The van der Waals surface area contributed by atoms with E-state index >= 15 is 0 Å². The molecule has 0 heterocycles. The molecule has 0 aliphatic carbocycles. The lowest BCUT2D eigenvalue weighted by Gasteiger charge is -2.23. The topological polar surface area (TPSA) is 119 Å². The van der Waals surface area contributed by atoms with Crippen LogP contribution in [0.2, 0.25) is 0 Å². The number of hydrogen-bond acceptors (Lipinski definition) is 7. The van der Waals surface area contributed by atoms with Crippen LogP contribution in [0.1, 0.15) is 38.0 Å². The molecule has 0 atom stereocenters. The van der Waals surface area contributed by atoms with E-state index in [9.17, 15) is 19.5 Å². The molecular weight excluding hydrogens is 400 g/mol. The van der Waals surface area contributed by atoms with Crippen molar-refractivity contribution in [2.24, 2.45) is 0 Å². The van der Waals surface area contributed by atoms with Crippen LogP contribution in [0.4, 0.5) is 11.4 Å². The third kappa shape index (κ3) is 4.00. The zero-order chi connectivity index (χ0) is 22.7. The van der Waals surface area contributed by atoms with Crippen molar-refractivity contribution in [3.63, 3.8) is 0 Å². The van der Waals surface area contributed by atoms with Gasteiger partial charge in [0.15, 0.2) is 0 Å². The van der Waals surface area contributed by atoms with E-state index in [0.29, 0.717) is 16.5 Å². The number of phenolic OH excluding ortho intramolecular Hbond substituents is 1. The Balaban J connectivity index is 2.15. The highest BCUT2D eigenvalue weighted by Crippen LogP contribution is 2.34. The van der Waals surface area contributed by atoms with Gasteiger partial charge >= 0.3 is 11.9 Å². The van der Waals surface area contributed by atoms with E-state index in [-0.39, 0.29) is 34.7 Å². The molecule has 3 aromatic rings. The van der Waals surface area contributed by atoms with Gasteiger partial charge in [-0.2, -0.15) is 0 Å². The van der Waals surface area contributed by atoms with E-state index in [1.165, 1.54) is 43.4 Å². The molecule has 0 spiro atoms. The van der Waals surface area contributed by atoms with E-state index in [1.54, 1.807) is 31.2 Å². The van der Waals surface area contributed by atoms with E-state index in [4.69, 9.17) is 15.2 Å². The lowest BCUT2D eigenvalue weighted by Crippen LogP contribution is -2.31. The molecule has 31 heavy (non-hydrogen) atoms. The van der Waals surface area contributed by atoms with Gasteiger partial charge in [0.2, 0.25) is 0 Å². The minimum Gasteiger partial charge on any atom is -0.506 e. The number of hydrogen-bond donors (Lipinski definition) is 2. The first kappa shape index (κ1) is 21.6. The molecule has 160 valence electrons. The van der Waals surface area contributed by atoms with Gasteiger partial charge in [0.25, 0.3) is 5.91 Å². The van der Waals surface area contributed by atoms with Crippen molar-refractivity contribution in [2.45, 2.75) is 6.92 Å². The number of rotatable bonds is 5. The molecule has 0 fully saturated rings. The van der Waals surface area contributed by atoms with Crippen LogP contribution in [-0.2, 0) is 9.47 Å². The Kier molecular flexibility index (Phi) is 6.10. The maximum atomic E-state index is 13.4. The van der Waals surface area contributed by atoms with Crippen LogP contribution < -0.4 is 10.6 Å². The molecule has 3 N–H and O–H groups in total. The van der Waals surface area contributed by atoms with Crippen molar-refractivity contribution in [3.8, 4) is 5.75 Å². The molecule has 8 heteroatoms. The number of ether oxygens (including phenoxy) is 2. The SMILES string of the molecule is CCN(C(=O)c1cc(N)c2ccccc2c1O)c1cc(C(=O)OC)cc(C(=O)OC)c1. The quantitative estimate of drug-likeness (QED) is 0.367. The smallest absolute Gasteiger partial charge is 0.337 e. The number of nitrogens with zero attached hydrogens (tertiary/aromatic N) is 1. The Labute approximate surface area is 178 Å². The molecule has 0 bridgehead atoms. The summed E-state index contributed by atoms with van der Waals surface area (Å²) in [6, 6.07) is 12.5. The van der Waals surface area contributed by atoms with Gasteiger partial charge in [-0.25, -0.2) is 9.59 Å². The fourth-order valence-electron chi connectivity index (χ4n) is 3.38. The third-order valence-corrected chi connectivity index (χ3v) is 4.91. The maximum absolute atomic E-state index is 13.4. The summed E-state index contributed by atoms with van der Waals surface area (Å²) >= 11 is 0. The number of esters is 2. The van der Waals surface area contributed by atoms with Crippen molar-refractivity contribution in [1.29, 1.82) is 0 Å². The number of carbonyl (C=O) groups is 3. The monoisotopic (exact) mass is 422 g/mol. The average molecular weight is 422 g/mol. The minimum atomic E-state index is -0.673. The van der Waals surface area contributed by atoms with Crippen molar-refractivity contribution in [3.05, 3.63) is 65.2 Å². The molecule has 1 amide bonds. The van der Waals surface area contributed by atoms with Gasteiger partial charge in [-0.1, -0.05) is 24.3 Å². The summed E-state index contributed by atoms with van der Waals surface area (Å²) in [5.74, 6) is -2.09. The Morgan fingerprint density at radius 3 is 2.00 bits per heavy atom. The zero-order valence-electron chi connectivity index (χ0n) is 17.3. The van der Waals surface area contributed by atoms with Gasteiger partial charge in [0.1, 0.15) is 5.75 Å². The Morgan fingerprint density at radius 1 is 0.935 bits per heavy atom. The standard InChI is InChI=1S/C23H22N2O6/c1-4-25(15-10-13(22(28)30-2)9-14(11-15)23(29)31-3)21(27)18-12-19(24)16-7-5-6-8-17(16)20(18)26/h5-12,26H,4,24H2,1-3H3. The first-order valence-electron chi connectivity index (χ1n) is 9.46. The fraction of sp³-hybridized carbons (Fsp3) is 0.174. The molecule has 3 aromatic carbocycles. The highest BCUT2D eigenvalue weighted by molar-refractivity contribution is 6.14. The van der Waals surface area contributed by atoms with Crippen molar-refractivity contribution in [1.82, 2.24) is 0 Å². The molecule has 0 radical (unpaired) electrons. The van der Waals surface area contributed by atoms with E-state index in [2.05, 4.69) is 0 Å². The first-order valence-corrected chi connectivity index (χ1v) is 9.46. The van der Waals surface area contributed by atoms with Crippen molar-refractivity contribution in [2.75, 3.05) is 31.4 Å². The summed E-state index contributed by atoms with van der Waals surface area (Å²) in [6.45, 7) is 1.91. The van der Waals surface area contributed by atoms with Crippen LogP contribution in [0.15, 0.2) is 48.5 Å². The molecule has 0 saturated carbocycles. The molecule has 3 rings (SSSR count). The number of aromatic hydroxyl groups is 1. The lowest BCUT2D eigenvalue weighted by atomic mass is 10.0. The fourth-order valence-corrected chi connectivity index (χ4v) is 3.38. The Morgan fingerprint density at radius 2 is 1.48 bits per heavy atom. The van der Waals surface area contributed by atoms with E-state index in [0.717, 1.165) is 0 Å². The molecule has 8 nitrogen and oxygen atoms in total. The van der Waals surface area contributed by atoms with Crippen LogP contribution in [-0.4, -0.2) is 43.7 Å². The van der Waals surface area contributed by atoms with Crippen LogP contribution in [0, 0.1) is 0 Å². The van der Waals surface area contributed by atoms with Gasteiger partial charge in [0.05, 0.1) is 30.9 Å². The molecule has 0 aliphatic heterocycles. The number of benzene rings is 3.